The van der Waals surface area contributed by atoms with Gasteiger partial charge in [-0.25, -0.2) is 0 Å². The van der Waals surface area contributed by atoms with Crippen LogP contribution in [0.15, 0.2) is 42.6 Å². The molecule has 0 amide bonds. The molecule has 2 rings (SSSR count). The summed E-state index contributed by atoms with van der Waals surface area (Å²) >= 11 is 5.94. The molecule has 0 radical (unpaired) electrons. The average molecular weight is 305 g/mol. The molecule has 0 atom stereocenters. The van der Waals surface area contributed by atoms with Crippen LogP contribution in [0, 0.1) is 5.92 Å². The number of rotatable bonds is 7. The van der Waals surface area contributed by atoms with Crippen molar-refractivity contribution in [3.05, 3.63) is 58.9 Å². The van der Waals surface area contributed by atoms with Gasteiger partial charge >= 0.3 is 0 Å². The van der Waals surface area contributed by atoms with E-state index in [0.717, 1.165) is 35.1 Å². The van der Waals surface area contributed by atoms with Gasteiger partial charge in [0, 0.05) is 11.6 Å². The first-order chi connectivity index (χ1) is 10.1. The lowest BCUT2D eigenvalue weighted by molar-refractivity contribution is 0.304. The number of nitrogens with one attached hydrogen (secondary N) is 1. The summed E-state index contributed by atoms with van der Waals surface area (Å²) in [5, 5.41) is 4.09. The van der Waals surface area contributed by atoms with Crippen LogP contribution < -0.4 is 10.1 Å². The fourth-order valence-corrected chi connectivity index (χ4v) is 2.10. The predicted octanol–water partition coefficient (Wildman–Crippen LogP) is 4.06. The maximum atomic E-state index is 5.94. The largest absolute Gasteiger partial charge is 0.487 e. The summed E-state index contributed by atoms with van der Waals surface area (Å²) in [6, 6.07) is 11.6. The third-order valence-electron chi connectivity index (χ3n) is 2.95. The number of benzene rings is 1. The lowest BCUT2D eigenvalue weighted by atomic mass is 10.2. The van der Waals surface area contributed by atoms with Crippen LogP contribution in [0.2, 0.25) is 5.02 Å². The molecule has 1 aromatic heterocycles. The molecule has 112 valence electrons. The third kappa shape index (κ3) is 5.74. The average Bonchev–Trinajstić information content (AvgIpc) is 2.46. The van der Waals surface area contributed by atoms with Crippen molar-refractivity contribution < 1.29 is 4.74 Å². The van der Waals surface area contributed by atoms with E-state index >= 15 is 0 Å². The molecule has 4 heteroatoms. The van der Waals surface area contributed by atoms with Gasteiger partial charge in [0.1, 0.15) is 12.4 Å². The quantitative estimate of drug-likeness (QED) is 0.837. The molecule has 0 fully saturated rings. The summed E-state index contributed by atoms with van der Waals surface area (Å²) in [7, 11) is 0. The van der Waals surface area contributed by atoms with Gasteiger partial charge < -0.3 is 10.1 Å². The highest BCUT2D eigenvalue weighted by Gasteiger charge is 2.00. The summed E-state index contributed by atoms with van der Waals surface area (Å²) < 4.78 is 5.70. The summed E-state index contributed by atoms with van der Waals surface area (Å²) in [4.78, 5) is 4.39. The lowest BCUT2D eigenvalue weighted by Gasteiger charge is -2.09. The highest BCUT2D eigenvalue weighted by molar-refractivity contribution is 6.30. The van der Waals surface area contributed by atoms with Gasteiger partial charge in [-0.2, -0.15) is 0 Å². The molecule has 0 unspecified atom stereocenters. The Bertz CT molecular complexity index is 555. The molecule has 21 heavy (non-hydrogen) atoms. The van der Waals surface area contributed by atoms with Crippen molar-refractivity contribution in [3.63, 3.8) is 0 Å². The Morgan fingerprint density at radius 1 is 1.24 bits per heavy atom. The molecule has 2 aromatic rings. The van der Waals surface area contributed by atoms with Crippen molar-refractivity contribution >= 4 is 11.6 Å². The zero-order valence-corrected chi connectivity index (χ0v) is 13.2. The number of hydrogen-bond acceptors (Lipinski definition) is 3. The zero-order valence-electron chi connectivity index (χ0n) is 12.5. The van der Waals surface area contributed by atoms with Crippen LogP contribution in [0.3, 0.4) is 0 Å². The van der Waals surface area contributed by atoms with E-state index < -0.39 is 0 Å². The maximum absolute atomic E-state index is 5.94. The van der Waals surface area contributed by atoms with Gasteiger partial charge in [-0.3, -0.25) is 4.98 Å². The van der Waals surface area contributed by atoms with Crippen molar-refractivity contribution in [2.75, 3.05) is 6.54 Å². The number of hydrogen-bond donors (Lipinski definition) is 1. The SMILES string of the molecule is CC(C)CNCc1ccc(OCc2cccc(Cl)c2)cn1. The van der Waals surface area contributed by atoms with Crippen LogP contribution in [-0.2, 0) is 13.2 Å². The Morgan fingerprint density at radius 3 is 2.76 bits per heavy atom. The third-order valence-corrected chi connectivity index (χ3v) is 3.19. The van der Waals surface area contributed by atoms with Gasteiger partial charge in [-0.15, -0.1) is 0 Å². The Kier molecular flexibility index (Phi) is 6.03. The highest BCUT2D eigenvalue weighted by Crippen LogP contribution is 2.15. The van der Waals surface area contributed by atoms with E-state index in [1.165, 1.54) is 0 Å². The normalized spacial score (nSPS) is 10.9. The highest BCUT2D eigenvalue weighted by atomic mass is 35.5. The minimum Gasteiger partial charge on any atom is -0.487 e. The number of halogens is 1. The first-order valence-corrected chi connectivity index (χ1v) is 7.54. The first kappa shape index (κ1) is 15.8. The Labute approximate surface area is 131 Å². The van der Waals surface area contributed by atoms with E-state index in [9.17, 15) is 0 Å². The van der Waals surface area contributed by atoms with E-state index in [2.05, 4.69) is 24.1 Å². The predicted molar refractivity (Wildman–Crippen MR) is 86.6 cm³/mol. The molecule has 1 heterocycles. The number of ether oxygens (including phenoxy) is 1. The van der Waals surface area contributed by atoms with Crippen LogP contribution in [0.5, 0.6) is 5.75 Å². The Balaban J connectivity index is 1.82. The molecular weight excluding hydrogens is 284 g/mol. The molecule has 0 bridgehead atoms. The van der Waals surface area contributed by atoms with E-state index in [-0.39, 0.29) is 0 Å². The molecule has 0 saturated heterocycles. The van der Waals surface area contributed by atoms with E-state index in [1.807, 2.05) is 36.4 Å². The molecular formula is C17H21ClN2O. The van der Waals surface area contributed by atoms with Crippen molar-refractivity contribution in [3.8, 4) is 5.75 Å². The van der Waals surface area contributed by atoms with E-state index in [1.54, 1.807) is 6.20 Å². The van der Waals surface area contributed by atoms with Crippen molar-refractivity contribution in [1.82, 2.24) is 10.3 Å². The lowest BCUT2D eigenvalue weighted by Crippen LogP contribution is -2.19. The summed E-state index contributed by atoms with van der Waals surface area (Å²) in [5.74, 6) is 1.41. The summed E-state index contributed by atoms with van der Waals surface area (Å²) in [5.41, 5.74) is 2.07. The van der Waals surface area contributed by atoms with Gasteiger partial charge in [-0.1, -0.05) is 37.6 Å². The molecule has 3 nitrogen and oxygen atoms in total. The second kappa shape index (κ2) is 8.01. The number of nitrogens with zero attached hydrogens (tertiary/aromatic N) is 1. The standard InChI is InChI=1S/C17H21ClN2O/c1-13(2)9-19-10-16-6-7-17(11-20-16)21-12-14-4-3-5-15(18)8-14/h3-8,11,13,19H,9-10,12H2,1-2H3. The van der Waals surface area contributed by atoms with Crippen molar-refractivity contribution in [2.24, 2.45) is 5.92 Å². The molecule has 0 aliphatic carbocycles. The van der Waals surface area contributed by atoms with Crippen LogP contribution in [0.25, 0.3) is 0 Å². The van der Waals surface area contributed by atoms with E-state index in [4.69, 9.17) is 16.3 Å². The molecule has 1 N–H and O–H groups in total. The minimum atomic E-state index is 0.493. The van der Waals surface area contributed by atoms with Gasteiger partial charge in [0.15, 0.2) is 0 Å². The van der Waals surface area contributed by atoms with Crippen LogP contribution >= 0.6 is 11.6 Å². The molecule has 1 aromatic carbocycles. The summed E-state index contributed by atoms with van der Waals surface area (Å²) in [6.07, 6.45) is 1.76. The smallest absolute Gasteiger partial charge is 0.138 e. The van der Waals surface area contributed by atoms with Gasteiger partial charge in [0.05, 0.1) is 11.9 Å². The van der Waals surface area contributed by atoms with Gasteiger partial charge in [0.2, 0.25) is 0 Å². The van der Waals surface area contributed by atoms with Gasteiger partial charge in [-0.05, 0) is 42.3 Å². The minimum absolute atomic E-state index is 0.493. The Hall–Kier alpha value is -1.58. The monoisotopic (exact) mass is 304 g/mol. The van der Waals surface area contributed by atoms with Gasteiger partial charge in [0.25, 0.3) is 0 Å². The van der Waals surface area contributed by atoms with Crippen LogP contribution in [0.1, 0.15) is 25.1 Å². The zero-order chi connectivity index (χ0) is 15.1. The first-order valence-electron chi connectivity index (χ1n) is 7.16. The maximum Gasteiger partial charge on any atom is 0.138 e. The fourth-order valence-electron chi connectivity index (χ4n) is 1.88. The number of aromatic nitrogens is 1. The molecule has 0 aliphatic heterocycles. The topological polar surface area (TPSA) is 34.1 Å². The number of pyridine rings is 1. The van der Waals surface area contributed by atoms with Crippen molar-refractivity contribution in [2.45, 2.75) is 27.0 Å². The fraction of sp³-hybridized carbons (Fsp3) is 0.353. The van der Waals surface area contributed by atoms with Crippen LogP contribution in [-0.4, -0.2) is 11.5 Å². The molecule has 0 spiro atoms. The second-order valence-electron chi connectivity index (χ2n) is 5.43. The molecule has 0 aliphatic rings. The molecule has 0 saturated carbocycles. The van der Waals surface area contributed by atoms with E-state index in [0.29, 0.717) is 12.5 Å². The second-order valence-corrected chi connectivity index (χ2v) is 5.87. The van der Waals surface area contributed by atoms with Crippen molar-refractivity contribution in [1.29, 1.82) is 0 Å². The Morgan fingerprint density at radius 2 is 2.10 bits per heavy atom. The summed E-state index contributed by atoms with van der Waals surface area (Å²) in [6.45, 7) is 6.65. The van der Waals surface area contributed by atoms with Crippen LogP contribution in [0.4, 0.5) is 0 Å².